The van der Waals surface area contributed by atoms with E-state index in [0.29, 0.717) is 26.3 Å². The Hall–Kier alpha value is -0.810. The van der Waals surface area contributed by atoms with Crippen LogP contribution in [-0.4, -0.2) is 49.9 Å². The van der Waals surface area contributed by atoms with Crippen molar-refractivity contribution in [3.63, 3.8) is 0 Å². The van der Waals surface area contributed by atoms with Gasteiger partial charge in [0.15, 0.2) is 0 Å². The lowest BCUT2D eigenvalue weighted by Gasteiger charge is -2.25. The van der Waals surface area contributed by atoms with E-state index in [0.717, 1.165) is 11.3 Å². The molecule has 0 aromatic carbocycles. The van der Waals surface area contributed by atoms with Gasteiger partial charge in [-0.25, -0.2) is 13.4 Å². The first-order valence-corrected chi connectivity index (χ1v) is 6.82. The van der Waals surface area contributed by atoms with Gasteiger partial charge < -0.3 is 10.5 Å². The minimum absolute atomic E-state index is 0.127. The molecule has 0 amide bonds. The number of nitrogens with two attached hydrogens (primary N) is 1. The number of sulfonamides is 1. The lowest BCUT2D eigenvalue weighted by atomic mass is 10.5. The van der Waals surface area contributed by atoms with E-state index in [2.05, 4.69) is 15.0 Å². The molecule has 0 bridgehead atoms. The van der Waals surface area contributed by atoms with Crippen molar-refractivity contribution in [2.24, 2.45) is 0 Å². The van der Waals surface area contributed by atoms with Gasteiger partial charge in [0.25, 0.3) is 14.4 Å². The van der Waals surface area contributed by atoms with Gasteiger partial charge in [0.05, 0.1) is 13.2 Å². The second-order valence-corrected chi connectivity index (χ2v) is 5.94. The zero-order valence-electron chi connectivity index (χ0n) is 8.29. The van der Waals surface area contributed by atoms with Gasteiger partial charge in [-0.1, -0.05) is 11.3 Å². The number of nitrogens with zero attached hydrogens (tertiary/aromatic N) is 3. The fourth-order valence-corrected chi connectivity index (χ4v) is 3.09. The maximum absolute atomic E-state index is 11.8. The third kappa shape index (κ3) is 2.65. The molecule has 1 aromatic rings. The lowest BCUT2D eigenvalue weighted by Crippen LogP contribution is -2.48. The predicted molar refractivity (Wildman–Crippen MR) is 57.0 cm³/mol. The highest BCUT2D eigenvalue weighted by Crippen LogP contribution is 2.16. The average Bonchev–Trinajstić information content (AvgIpc) is 2.66. The van der Waals surface area contributed by atoms with E-state index in [4.69, 9.17) is 10.5 Å². The standard InChI is InChI=1S/C6H11N5O3S2/c7-5-8-9-6(15-5)16(12,13)10-11-1-3-14-4-2-11/h10H,1-4H2,(H2,7,8). The summed E-state index contributed by atoms with van der Waals surface area (Å²) in [5.74, 6) is 0. The van der Waals surface area contributed by atoms with Gasteiger partial charge in [-0.15, -0.1) is 15.0 Å². The lowest BCUT2D eigenvalue weighted by molar-refractivity contribution is 0.0272. The Morgan fingerprint density at radius 2 is 2.06 bits per heavy atom. The highest BCUT2D eigenvalue weighted by atomic mass is 32.2. The largest absolute Gasteiger partial charge is 0.379 e. The van der Waals surface area contributed by atoms with Crippen LogP contribution >= 0.6 is 11.3 Å². The number of morpholine rings is 1. The summed E-state index contributed by atoms with van der Waals surface area (Å²) in [6.07, 6.45) is 0. The first kappa shape index (κ1) is 11.7. The molecule has 0 unspecified atom stereocenters. The molecule has 16 heavy (non-hydrogen) atoms. The van der Waals surface area contributed by atoms with Gasteiger partial charge in [0.2, 0.25) is 5.13 Å². The normalized spacial score (nSPS) is 18.8. The van der Waals surface area contributed by atoms with Crippen LogP contribution in [0.15, 0.2) is 4.34 Å². The monoisotopic (exact) mass is 265 g/mol. The minimum atomic E-state index is -3.65. The Kier molecular flexibility index (Phi) is 3.35. The van der Waals surface area contributed by atoms with Gasteiger partial charge in [-0.2, -0.15) is 0 Å². The number of anilines is 1. The number of nitrogens with one attached hydrogen (secondary N) is 1. The van der Waals surface area contributed by atoms with Crippen LogP contribution in [0.1, 0.15) is 0 Å². The summed E-state index contributed by atoms with van der Waals surface area (Å²) < 4.78 is 28.5. The highest BCUT2D eigenvalue weighted by Gasteiger charge is 2.23. The van der Waals surface area contributed by atoms with Crippen molar-refractivity contribution in [1.29, 1.82) is 0 Å². The average molecular weight is 265 g/mol. The number of hydrazine groups is 1. The third-order valence-corrected chi connectivity index (χ3v) is 4.41. The van der Waals surface area contributed by atoms with Gasteiger partial charge in [0.1, 0.15) is 0 Å². The topological polar surface area (TPSA) is 110 Å². The van der Waals surface area contributed by atoms with Crippen molar-refractivity contribution < 1.29 is 13.2 Å². The van der Waals surface area contributed by atoms with Crippen molar-refractivity contribution in [3.05, 3.63) is 0 Å². The summed E-state index contributed by atoms with van der Waals surface area (Å²) in [6, 6.07) is 0. The predicted octanol–water partition coefficient (Wildman–Crippen LogP) is -1.35. The van der Waals surface area contributed by atoms with Gasteiger partial charge in [0, 0.05) is 13.1 Å². The fourth-order valence-electron chi connectivity index (χ4n) is 1.19. The zero-order valence-corrected chi connectivity index (χ0v) is 9.92. The maximum atomic E-state index is 11.8. The van der Waals surface area contributed by atoms with Crippen LogP contribution < -0.4 is 10.6 Å². The summed E-state index contributed by atoms with van der Waals surface area (Å²) in [6.45, 7) is 2.02. The molecule has 8 nitrogen and oxygen atoms in total. The summed E-state index contributed by atoms with van der Waals surface area (Å²) in [4.78, 5) is 2.40. The smallest absolute Gasteiger partial charge is 0.282 e. The minimum Gasteiger partial charge on any atom is -0.379 e. The number of hydrogen-bond donors (Lipinski definition) is 2. The van der Waals surface area contributed by atoms with Gasteiger partial charge in [-0.3, -0.25) is 0 Å². The second-order valence-electron chi connectivity index (χ2n) is 3.10. The molecule has 10 heteroatoms. The summed E-state index contributed by atoms with van der Waals surface area (Å²) in [5.41, 5.74) is 5.33. The van der Waals surface area contributed by atoms with Crippen molar-refractivity contribution in [3.8, 4) is 0 Å². The molecule has 90 valence electrons. The molecule has 0 spiro atoms. The van der Waals surface area contributed by atoms with Gasteiger partial charge >= 0.3 is 0 Å². The van der Waals surface area contributed by atoms with Gasteiger partial charge in [-0.05, 0) is 0 Å². The van der Waals surface area contributed by atoms with Crippen molar-refractivity contribution in [2.75, 3.05) is 32.0 Å². The van der Waals surface area contributed by atoms with E-state index < -0.39 is 10.0 Å². The SMILES string of the molecule is Nc1nnc(S(=O)(=O)NN2CCOCC2)s1. The molecule has 2 rings (SSSR count). The Morgan fingerprint density at radius 1 is 1.38 bits per heavy atom. The van der Waals surface area contributed by atoms with Crippen LogP contribution in [0, 0.1) is 0 Å². The Bertz CT molecular complexity index is 452. The van der Waals surface area contributed by atoms with Crippen LogP contribution in [-0.2, 0) is 14.8 Å². The third-order valence-electron chi connectivity index (χ3n) is 1.91. The molecule has 0 radical (unpaired) electrons. The fraction of sp³-hybridized carbons (Fsp3) is 0.667. The molecular weight excluding hydrogens is 254 g/mol. The van der Waals surface area contributed by atoms with Crippen molar-refractivity contribution >= 4 is 26.5 Å². The quantitative estimate of drug-likeness (QED) is 0.694. The van der Waals surface area contributed by atoms with E-state index in [1.165, 1.54) is 0 Å². The molecular formula is C6H11N5O3S2. The summed E-state index contributed by atoms with van der Waals surface area (Å²) in [5, 5.41) is 8.64. The van der Waals surface area contributed by atoms with E-state index in [1.807, 2.05) is 0 Å². The second kappa shape index (κ2) is 4.59. The molecule has 1 aromatic heterocycles. The summed E-state index contributed by atoms with van der Waals surface area (Å²) in [7, 11) is -3.65. The molecule has 2 heterocycles. The van der Waals surface area contributed by atoms with Crippen molar-refractivity contribution in [2.45, 2.75) is 4.34 Å². The molecule has 1 aliphatic rings. The molecule has 3 N–H and O–H groups in total. The highest BCUT2D eigenvalue weighted by molar-refractivity contribution is 7.91. The first-order valence-electron chi connectivity index (χ1n) is 4.52. The zero-order chi connectivity index (χ0) is 11.6. The Morgan fingerprint density at radius 3 is 2.62 bits per heavy atom. The van der Waals surface area contributed by atoms with E-state index in [9.17, 15) is 8.42 Å². The van der Waals surface area contributed by atoms with Crippen LogP contribution in [0.4, 0.5) is 5.13 Å². The molecule has 0 atom stereocenters. The van der Waals surface area contributed by atoms with Crippen LogP contribution in [0.5, 0.6) is 0 Å². The van der Waals surface area contributed by atoms with E-state index in [1.54, 1.807) is 5.01 Å². The number of rotatable bonds is 3. The molecule has 1 fully saturated rings. The van der Waals surface area contributed by atoms with E-state index >= 15 is 0 Å². The summed E-state index contributed by atoms with van der Waals surface area (Å²) >= 11 is 0.830. The maximum Gasteiger partial charge on any atom is 0.282 e. The number of hydrogen-bond acceptors (Lipinski definition) is 8. The van der Waals surface area contributed by atoms with Crippen molar-refractivity contribution in [1.82, 2.24) is 20.0 Å². The molecule has 0 aliphatic carbocycles. The molecule has 0 saturated carbocycles. The number of aromatic nitrogens is 2. The van der Waals surface area contributed by atoms with Crippen LogP contribution in [0.25, 0.3) is 0 Å². The molecule has 1 saturated heterocycles. The van der Waals surface area contributed by atoms with Crippen LogP contribution in [0.2, 0.25) is 0 Å². The molecule has 1 aliphatic heterocycles. The first-order chi connectivity index (χ1) is 7.58. The number of ether oxygens (including phenoxy) is 1. The van der Waals surface area contributed by atoms with E-state index in [-0.39, 0.29) is 9.47 Å². The Labute approximate surface area is 96.4 Å². The van der Waals surface area contributed by atoms with Crippen LogP contribution in [0.3, 0.4) is 0 Å². The Balaban J connectivity index is 2.07. The number of nitrogen functional groups attached to an aromatic ring is 1.